The van der Waals surface area contributed by atoms with Crippen LogP contribution in [0.5, 0.6) is 0 Å². The number of rotatable bonds is 3. The number of benzene rings is 2. The van der Waals surface area contributed by atoms with Crippen molar-refractivity contribution < 1.29 is 14.7 Å². The number of carbonyl (C=O) groups is 2. The molecule has 2 aromatic carbocycles. The molecule has 2 N–H and O–H groups in total. The number of carboxylic acid groups (broad SMARTS) is 1. The summed E-state index contributed by atoms with van der Waals surface area (Å²) < 4.78 is 0.525. The van der Waals surface area contributed by atoms with E-state index in [2.05, 4.69) is 21.2 Å². The molecule has 1 amide bonds. The smallest absolute Gasteiger partial charge is 0.335 e. The quantitative estimate of drug-likeness (QED) is 0.911. The molecule has 0 aliphatic heterocycles. The van der Waals surface area contributed by atoms with Crippen molar-refractivity contribution in [3.8, 4) is 0 Å². The largest absolute Gasteiger partial charge is 0.478 e. The van der Waals surface area contributed by atoms with Gasteiger partial charge in [0.25, 0.3) is 5.91 Å². The van der Waals surface area contributed by atoms with E-state index in [1.54, 1.807) is 30.3 Å². The van der Waals surface area contributed by atoms with E-state index in [-0.39, 0.29) is 11.5 Å². The Bertz CT molecular complexity index is 626. The minimum absolute atomic E-state index is 0.157. The van der Waals surface area contributed by atoms with Crippen LogP contribution in [-0.4, -0.2) is 17.0 Å². The molecule has 0 aromatic heterocycles. The highest BCUT2D eigenvalue weighted by Gasteiger charge is 2.10. The highest BCUT2D eigenvalue weighted by atomic mass is 79.9. The van der Waals surface area contributed by atoms with Crippen molar-refractivity contribution >= 4 is 33.5 Å². The summed E-state index contributed by atoms with van der Waals surface area (Å²) in [6.07, 6.45) is 0. The number of halogens is 1. The van der Waals surface area contributed by atoms with Gasteiger partial charge in [0.05, 0.1) is 11.3 Å². The van der Waals surface area contributed by atoms with Crippen molar-refractivity contribution in [3.63, 3.8) is 0 Å². The number of nitrogens with one attached hydrogen (secondary N) is 1. The lowest BCUT2D eigenvalue weighted by Gasteiger charge is -2.08. The molecule has 0 unspecified atom stereocenters. The number of amides is 1. The normalized spacial score (nSPS) is 9.95. The second-order valence-electron chi connectivity index (χ2n) is 3.82. The van der Waals surface area contributed by atoms with Crippen molar-refractivity contribution in [3.05, 3.63) is 64.1 Å². The first-order valence-electron chi connectivity index (χ1n) is 5.47. The fraction of sp³-hybridized carbons (Fsp3) is 0. The Morgan fingerprint density at radius 1 is 1.00 bits per heavy atom. The molecular weight excluding hydrogens is 310 g/mol. The molecule has 96 valence electrons. The second-order valence-corrected chi connectivity index (χ2v) is 4.67. The van der Waals surface area contributed by atoms with Gasteiger partial charge in [0.2, 0.25) is 0 Å². The van der Waals surface area contributed by atoms with Gasteiger partial charge in [-0.2, -0.15) is 0 Å². The summed E-state index contributed by atoms with van der Waals surface area (Å²) in [7, 11) is 0. The maximum Gasteiger partial charge on any atom is 0.335 e. The van der Waals surface area contributed by atoms with E-state index in [1.165, 1.54) is 12.1 Å². The van der Waals surface area contributed by atoms with Gasteiger partial charge in [0, 0.05) is 10.0 Å². The number of aromatic carboxylic acids is 1. The van der Waals surface area contributed by atoms with Crippen LogP contribution in [0.4, 0.5) is 5.69 Å². The topological polar surface area (TPSA) is 66.4 Å². The summed E-state index contributed by atoms with van der Waals surface area (Å²) in [6, 6.07) is 13.2. The van der Waals surface area contributed by atoms with E-state index in [9.17, 15) is 9.59 Å². The van der Waals surface area contributed by atoms with Gasteiger partial charge >= 0.3 is 5.97 Å². The van der Waals surface area contributed by atoms with Crippen LogP contribution < -0.4 is 5.32 Å². The molecule has 19 heavy (non-hydrogen) atoms. The Morgan fingerprint density at radius 3 is 2.26 bits per heavy atom. The monoisotopic (exact) mass is 319 g/mol. The first-order valence-corrected chi connectivity index (χ1v) is 6.26. The molecule has 0 heterocycles. The predicted octanol–water partition coefficient (Wildman–Crippen LogP) is 3.40. The van der Waals surface area contributed by atoms with Crippen LogP contribution in [0.15, 0.2) is 53.0 Å². The molecule has 0 aliphatic carbocycles. The van der Waals surface area contributed by atoms with Gasteiger partial charge in [-0.3, -0.25) is 4.79 Å². The Hall–Kier alpha value is -2.14. The Kier molecular flexibility index (Phi) is 3.97. The Morgan fingerprint density at radius 2 is 1.68 bits per heavy atom. The summed E-state index contributed by atoms with van der Waals surface area (Å²) in [5.41, 5.74) is 1.22. The van der Waals surface area contributed by atoms with E-state index in [4.69, 9.17) is 5.11 Å². The second kappa shape index (κ2) is 5.67. The first-order chi connectivity index (χ1) is 9.08. The minimum atomic E-state index is -1.01. The fourth-order valence-electron chi connectivity index (χ4n) is 1.53. The minimum Gasteiger partial charge on any atom is -0.478 e. The van der Waals surface area contributed by atoms with Crippen molar-refractivity contribution in [2.45, 2.75) is 0 Å². The molecule has 5 heteroatoms. The molecule has 0 atom stereocenters. The zero-order valence-corrected chi connectivity index (χ0v) is 11.3. The van der Waals surface area contributed by atoms with Crippen LogP contribution in [0.25, 0.3) is 0 Å². The predicted molar refractivity (Wildman–Crippen MR) is 75.5 cm³/mol. The van der Waals surface area contributed by atoms with E-state index in [1.807, 2.05) is 6.07 Å². The molecule has 0 saturated heterocycles. The van der Waals surface area contributed by atoms with Crippen LogP contribution in [0, 0.1) is 0 Å². The highest BCUT2D eigenvalue weighted by molar-refractivity contribution is 9.10. The molecule has 4 nitrogen and oxygen atoms in total. The number of carboxylic acids is 1. The number of anilines is 1. The molecule has 0 spiro atoms. The van der Waals surface area contributed by atoms with Gasteiger partial charge in [-0.1, -0.05) is 18.2 Å². The van der Waals surface area contributed by atoms with Crippen LogP contribution >= 0.6 is 15.9 Å². The molecular formula is C14H10BrNO3. The summed E-state index contributed by atoms with van der Waals surface area (Å²) in [6.45, 7) is 0. The average Bonchev–Trinajstić information content (AvgIpc) is 2.41. The van der Waals surface area contributed by atoms with Gasteiger partial charge in [-0.15, -0.1) is 0 Å². The van der Waals surface area contributed by atoms with Gasteiger partial charge < -0.3 is 10.4 Å². The standard InChI is InChI=1S/C14H10BrNO3/c15-11-8-10(14(18)19)6-7-12(11)16-13(17)9-4-2-1-3-5-9/h1-8H,(H,16,17)(H,18,19). The van der Waals surface area contributed by atoms with Gasteiger partial charge in [-0.05, 0) is 46.3 Å². The zero-order valence-electron chi connectivity index (χ0n) is 9.76. The summed E-state index contributed by atoms with van der Waals surface area (Å²) in [5, 5.41) is 11.6. The SMILES string of the molecule is O=C(O)c1ccc(NC(=O)c2ccccc2)c(Br)c1. The lowest BCUT2D eigenvalue weighted by atomic mass is 10.2. The van der Waals surface area contributed by atoms with Crippen molar-refractivity contribution in [1.29, 1.82) is 0 Å². The van der Waals surface area contributed by atoms with Crippen molar-refractivity contribution in [2.24, 2.45) is 0 Å². The van der Waals surface area contributed by atoms with Crippen LogP contribution in [0.3, 0.4) is 0 Å². The third kappa shape index (κ3) is 3.20. The lowest BCUT2D eigenvalue weighted by molar-refractivity contribution is 0.0696. The van der Waals surface area contributed by atoms with E-state index in [0.29, 0.717) is 15.7 Å². The highest BCUT2D eigenvalue weighted by Crippen LogP contribution is 2.24. The first kappa shape index (κ1) is 13.3. The summed E-state index contributed by atoms with van der Waals surface area (Å²) in [5.74, 6) is -1.26. The van der Waals surface area contributed by atoms with E-state index >= 15 is 0 Å². The van der Waals surface area contributed by atoms with E-state index < -0.39 is 5.97 Å². The van der Waals surface area contributed by atoms with Gasteiger partial charge in [0.15, 0.2) is 0 Å². The third-order valence-corrected chi connectivity index (χ3v) is 3.16. The van der Waals surface area contributed by atoms with E-state index in [0.717, 1.165) is 0 Å². The number of hydrogen-bond acceptors (Lipinski definition) is 2. The Labute approximate surface area is 118 Å². The molecule has 0 fully saturated rings. The number of carbonyl (C=O) groups excluding carboxylic acids is 1. The van der Waals surface area contributed by atoms with Crippen LogP contribution in [0.1, 0.15) is 20.7 Å². The molecule has 2 rings (SSSR count). The fourth-order valence-corrected chi connectivity index (χ4v) is 2.01. The molecule has 2 aromatic rings. The maximum absolute atomic E-state index is 11.9. The van der Waals surface area contributed by atoms with Crippen molar-refractivity contribution in [2.75, 3.05) is 5.32 Å². The van der Waals surface area contributed by atoms with Gasteiger partial charge in [0.1, 0.15) is 0 Å². The maximum atomic E-state index is 11.9. The molecule has 0 aliphatic rings. The molecule has 0 saturated carbocycles. The molecule has 0 bridgehead atoms. The average molecular weight is 320 g/mol. The lowest BCUT2D eigenvalue weighted by Crippen LogP contribution is -2.12. The van der Waals surface area contributed by atoms with Crippen molar-refractivity contribution in [1.82, 2.24) is 0 Å². The Balaban J connectivity index is 2.20. The summed E-state index contributed by atoms with van der Waals surface area (Å²) in [4.78, 5) is 22.7. The van der Waals surface area contributed by atoms with Crippen LogP contribution in [0.2, 0.25) is 0 Å². The zero-order chi connectivity index (χ0) is 13.8. The van der Waals surface area contributed by atoms with Crippen LogP contribution in [-0.2, 0) is 0 Å². The third-order valence-electron chi connectivity index (χ3n) is 2.50. The molecule has 0 radical (unpaired) electrons. The number of hydrogen-bond donors (Lipinski definition) is 2. The van der Waals surface area contributed by atoms with Gasteiger partial charge in [-0.25, -0.2) is 4.79 Å². The summed E-state index contributed by atoms with van der Waals surface area (Å²) >= 11 is 3.24.